The molecule has 3 rings (SSSR count). The van der Waals surface area contributed by atoms with Crippen LogP contribution in [0.1, 0.15) is 15.9 Å². The van der Waals surface area contributed by atoms with Crippen molar-refractivity contribution in [3.05, 3.63) is 100 Å². The van der Waals surface area contributed by atoms with Gasteiger partial charge in [0, 0.05) is 29.9 Å². The molecule has 0 heterocycles. The van der Waals surface area contributed by atoms with E-state index in [1.54, 1.807) is 12.1 Å². The fourth-order valence-corrected chi connectivity index (χ4v) is 3.67. The van der Waals surface area contributed by atoms with E-state index >= 15 is 0 Å². The van der Waals surface area contributed by atoms with Gasteiger partial charge in [-0.2, -0.15) is 0 Å². The van der Waals surface area contributed by atoms with Gasteiger partial charge < -0.3 is 5.32 Å². The largest absolute Gasteiger partial charge is 0.348 e. The standard InChI is InChI=1S/C20H17N3O5S/c24-20(21-14-15-6-2-1-3-7-15)16-8-4-9-17(12-16)22-29(27,28)19-11-5-10-18(13-19)23(25)26/h1-13,22H,14H2,(H,21,24). The second-order valence-electron chi connectivity index (χ2n) is 6.11. The Morgan fingerprint density at radius 3 is 2.38 bits per heavy atom. The first kappa shape index (κ1) is 20.0. The normalized spacial score (nSPS) is 10.9. The third-order valence-corrected chi connectivity index (χ3v) is 5.39. The molecule has 0 saturated heterocycles. The highest BCUT2D eigenvalue weighted by molar-refractivity contribution is 7.92. The van der Waals surface area contributed by atoms with E-state index in [0.717, 1.165) is 11.6 Å². The molecule has 0 atom stereocenters. The van der Waals surface area contributed by atoms with Crippen molar-refractivity contribution in [3.63, 3.8) is 0 Å². The van der Waals surface area contributed by atoms with Crippen LogP contribution in [-0.4, -0.2) is 19.2 Å². The number of carbonyl (C=O) groups excluding carboxylic acids is 1. The number of anilines is 1. The van der Waals surface area contributed by atoms with E-state index in [-0.39, 0.29) is 27.7 Å². The van der Waals surface area contributed by atoms with Gasteiger partial charge in [0.1, 0.15) is 0 Å². The van der Waals surface area contributed by atoms with E-state index in [1.165, 1.54) is 30.3 Å². The number of sulfonamides is 1. The van der Waals surface area contributed by atoms with Crippen LogP contribution in [0.3, 0.4) is 0 Å². The predicted octanol–water partition coefficient (Wildman–Crippen LogP) is 3.33. The summed E-state index contributed by atoms with van der Waals surface area (Å²) >= 11 is 0. The summed E-state index contributed by atoms with van der Waals surface area (Å²) in [6, 6.07) is 20.1. The first-order valence-corrected chi connectivity index (χ1v) is 10.0. The Labute approximate surface area is 167 Å². The van der Waals surface area contributed by atoms with Crippen LogP contribution in [-0.2, 0) is 16.6 Å². The van der Waals surface area contributed by atoms with Gasteiger partial charge in [-0.1, -0.05) is 42.5 Å². The Hall–Kier alpha value is -3.72. The number of nitrogens with one attached hydrogen (secondary N) is 2. The number of benzene rings is 3. The number of hydrogen-bond donors (Lipinski definition) is 2. The summed E-state index contributed by atoms with van der Waals surface area (Å²) in [5.74, 6) is -0.356. The maximum absolute atomic E-state index is 12.5. The second kappa shape index (κ2) is 8.53. The maximum atomic E-state index is 12.5. The molecule has 2 N–H and O–H groups in total. The summed E-state index contributed by atoms with van der Waals surface area (Å²) in [6.07, 6.45) is 0. The van der Waals surface area contributed by atoms with Crippen LogP contribution >= 0.6 is 0 Å². The van der Waals surface area contributed by atoms with Crippen molar-refractivity contribution in [1.82, 2.24) is 5.32 Å². The minimum Gasteiger partial charge on any atom is -0.348 e. The highest BCUT2D eigenvalue weighted by Gasteiger charge is 2.18. The Kier molecular flexibility index (Phi) is 5.89. The number of hydrogen-bond acceptors (Lipinski definition) is 5. The molecular formula is C20H17N3O5S. The average Bonchev–Trinajstić information content (AvgIpc) is 2.72. The molecule has 9 heteroatoms. The van der Waals surface area contributed by atoms with Gasteiger partial charge in [0.05, 0.1) is 9.82 Å². The fraction of sp³-hybridized carbons (Fsp3) is 0.0500. The molecule has 29 heavy (non-hydrogen) atoms. The number of nitrogens with zero attached hydrogens (tertiary/aromatic N) is 1. The minimum atomic E-state index is -4.05. The summed E-state index contributed by atoms with van der Waals surface area (Å²) in [5, 5.41) is 13.6. The van der Waals surface area contributed by atoms with E-state index in [0.29, 0.717) is 6.54 Å². The summed E-state index contributed by atoms with van der Waals surface area (Å²) in [5.41, 5.74) is 1.05. The van der Waals surface area contributed by atoms with Gasteiger partial charge in [-0.15, -0.1) is 0 Å². The SMILES string of the molecule is O=C(NCc1ccccc1)c1cccc(NS(=O)(=O)c2cccc([N+](=O)[O-])c2)c1. The first-order valence-electron chi connectivity index (χ1n) is 8.54. The zero-order valence-corrected chi connectivity index (χ0v) is 15.9. The molecule has 0 aliphatic heterocycles. The van der Waals surface area contributed by atoms with Gasteiger partial charge in [-0.3, -0.25) is 19.6 Å². The second-order valence-corrected chi connectivity index (χ2v) is 7.79. The molecule has 0 saturated carbocycles. The summed E-state index contributed by atoms with van der Waals surface area (Å²) in [7, 11) is -4.05. The lowest BCUT2D eigenvalue weighted by atomic mass is 10.2. The van der Waals surface area contributed by atoms with Crippen molar-refractivity contribution in [2.45, 2.75) is 11.4 Å². The number of amides is 1. The molecule has 3 aromatic carbocycles. The lowest BCUT2D eigenvalue weighted by molar-refractivity contribution is -0.385. The molecule has 148 valence electrons. The molecular weight excluding hydrogens is 394 g/mol. The molecule has 0 aromatic heterocycles. The molecule has 0 fully saturated rings. The molecule has 0 spiro atoms. The van der Waals surface area contributed by atoms with E-state index in [1.807, 2.05) is 30.3 Å². The van der Waals surface area contributed by atoms with Gasteiger partial charge in [-0.25, -0.2) is 8.42 Å². The molecule has 0 radical (unpaired) electrons. The third kappa shape index (κ3) is 5.17. The van der Waals surface area contributed by atoms with Gasteiger partial charge in [0.25, 0.3) is 21.6 Å². The highest BCUT2D eigenvalue weighted by Crippen LogP contribution is 2.21. The summed E-state index contributed by atoms with van der Waals surface area (Å²) < 4.78 is 27.4. The van der Waals surface area contributed by atoms with Crippen LogP contribution in [0.15, 0.2) is 83.8 Å². The van der Waals surface area contributed by atoms with Crippen LogP contribution in [0.4, 0.5) is 11.4 Å². The average molecular weight is 411 g/mol. The van der Waals surface area contributed by atoms with E-state index in [2.05, 4.69) is 10.0 Å². The van der Waals surface area contributed by atoms with Gasteiger partial charge >= 0.3 is 0 Å². The van der Waals surface area contributed by atoms with E-state index in [9.17, 15) is 23.3 Å². The number of non-ortho nitro benzene ring substituents is 1. The van der Waals surface area contributed by atoms with E-state index in [4.69, 9.17) is 0 Å². The van der Waals surface area contributed by atoms with Crippen molar-refractivity contribution in [3.8, 4) is 0 Å². The summed E-state index contributed by atoms with van der Waals surface area (Å²) in [6.45, 7) is 0.337. The van der Waals surface area contributed by atoms with Gasteiger partial charge in [0.2, 0.25) is 0 Å². The Morgan fingerprint density at radius 1 is 0.931 bits per heavy atom. The maximum Gasteiger partial charge on any atom is 0.270 e. The van der Waals surface area contributed by atoms with Crippen molar-refractivity contribution >= 4 is 27.3 Å². The van der Waals surface area contributed by atoms with Crippen LogP contribution in [0, 0.1) is 10.1 Å². The Morgan fingerprint density at radius 2 is 1.66 bits per heavy atom. The van der Waals surface area contributed by atoms with Crippen molar-refractivity contribution in [2.75, 3.05) is 4.72 Å². The predicted molar refractivity (Wildman–Crippen MR) is 108 cm³/mol. The smallest absolute Gasteiger partial charge is 0.270 e. The molecule has 0 unspecified atom stereocenters. The fourth-order valence-electron chi connectivity index (χ4n) is 2.58. The third-order valence-electron chi connectivity index (χ3n) is 4.01. The number of carbonyl (C=O) groups is 1. The zero-order chi connectivity index (χ0) is 20.9. The molecule has 0 bridgehead atoms. The van der Waals surface area contributed by atoms with Gasteiger partial charge in [0.15, 0.2) is 0 Å². The minimum absolute atomic E-state index is 0.170. The quantitative estimate of drug-likeness (QED) is 0.457. The van der Waals surface area contributed by atoms with Crippen molar-refractivity contribution in [1.29, 1.82) is 0 Å². The topological polar surface area (TPSA) is 118 Å². The summed E-state index contributed by atoms with van der Waals surface area (Å²) in [4.78, 5) is 22.3. The Bertz CT molecular complexity index is 1150. The van der Waals surface area contributed by atoms with Gasteiger partial charge in [-0.05, 0) is 29.8 Å². The highest BCUT2D eigenvalue weighted by atomic mass is 32.2. The lowest BCUT2D eigenvalue weighted by Crippen LogP contribution is -2.23. The van der Waals surface area contributed by atoms with Crippen molar-refractivity contribution < 1.29 is 18.1 Å². The van der Waals surface area contributed by atoms with Crippen LogP contribution in [0.2, 0.25) is 0 Å². The number of nitro groups is 1. The number of rotatable bonds is 7. The van der Waals surface area contributed by atoms with Crippen LogP contribution < -0.4 is 10.0 Å². The molecule has 8 nitrogen and oxygen atoms in total. The molecule has 0 aliphatic rings. The zero-order valence-electron chi connectivity index (χ0n) is 15.1. The Balaban J connectivity index is 1.74. The lowest BCUT2D eigenvalue weighted by Gasteiger charge is -2.10. The van der Waals surface area contributed by atoms with Crippen LogP contribution in [0.25, 0.3) is 0 Å². The molecule has 3 aromatic rings. The molecule has 1 amide bonds. The van der Waals surface area contributed by atoms with Crippen molar-refractivity contribution in [2.24, 2.45) is 0 Å². The number of nitro benzene ring substituents is 1. The monoisotopic (exact) mass is 411 g/mol. The first-order chi connectivity index (χ1) is 13.8. The van der Waals surface area contributed by atoms with Crippen LogP contribution in [0.5, 0.6) is 0 Å². The van der Waals surface area contributed by atoms with E-state index < -0.39 is 14.9 Å². The molecule has 0 aliphatic carbocycles.